The molecule has 12 rings (SSSR count). The highest BCUT2D eigenvalue weighted by Crippen LogP contribution is 2.45. The van der Waals surface area contributed by atoms with Crippen molar-refractivity contribution in [3.8, 4) is 44.6 Å². The maximum atomic E-state index is 5.65. The van der Waals surface area contributed by atoms with E-state index in [1.54, 1.807) is 0 Å². The van der Waals surface area contributed by atoms with Crippen molar-refractivity contribution in [2.45, 2.75) is 0 Å². The van der Waals surface area contributed by atoms with Gasteiger partial charge < -0.3 is 0 Å². The summed E-state index contributed by atoms with van der Waals surface area (Å²) in [6.07, 6.45) is 1.98. The minimum absolute atomic E-state index is 0.960. The van der Waals surface area contributed by atoms with Gasteiger partial charge >= 0.3 is 0 Å². The number of nitrogens with zero attached hydrogens (tertiary/aromatic N) is 2. The van der Waals surface area contributed by atoms with Gasteiger partial charge in [0.1, 0.15) is 0 Å². The first kappa shape index (κ1) is 32.6. The molecule has 2 nitrogen and oxygen atoms in total. The van der Waals surface area contributed by atoms with Crippen molar-refractivity contribution in [1.82, 2.24) is 9.97 Å². The van der Waals surface area contributed by atoms with Crippen molar-refractivity contribution in [2.75, 3.05) is 0 Å². The summed E-state index contributed by atoms with van der Waals surface area (Å²) < 4.78 is 0. The molecule has 268 valence electrons. The number of hydrogen-bond acceptors (Lipinski definition) is 2. The van der Waals surface area contributed by atoms with E-state index in [2.05, 4.69) is 194 Å². The van der Waals surface area contributed by atoms with Crippen LogP contribution in [0.1, 0.15) is 0 Å². The van der Waals surface area contributed by atoms with Crippen molar-refractivity contribution in [3.05, 3.63) is 206 Å². The highest BCUT2D eigenvalue weighted by Gasteiger charge is 2.19. The van der Waals surface area contributed by atoms with E-state index in [1.165, 1.54) is 59.6 Å². The number of pyridine rings is 2. The van der Waals surface area contributed by atoms with E-state index < -0.39 is 0 Å². The molecule has 2 heterocycles. The lowest BCUT2D eigenvalue weighted by molar-refractivity contribution is 1.41. The summed E-state index contributed by atoms with van der Waals surface area (Å²) in [7, 11) is 0. The van der Waals surface area contributed by atoms with Gasteiger partial charge in [0.25, 0.3) is 0 Å². The molecule has 58 heavy (non-hydrogen) atoms. The van der Waals surface area contributed by atoms with E-state index in [-0.39, 0.29) is 0 Å². The maximum Gasteiger partial charge on any atom is 0.0794 e. The Kier molecular flexibility index (Phi) is 7.26. The van der Waals surface area contributed by atoms with E-state index in [0.29, 0.717) is 0 Å². The summed E-state index contributed by atoms with van der Waals surface area (Å²) in [5.74, 6) is 0. The zero-order chi connectivity index (χ0) is 38.2. The summed E-state index contributed by atoms with van der Waals surface area (Å²) in [5, 5.41) is 14.5. The molecular formula is C56H34N2. The molecule has 0 radical (unpaired) electrons. The Morgan fingerprint density at radius 1 is 0.276 bits per heavy atom. The third kappa shape index (κ3) is 5.12. The third-order valence-corrected chi connectivity index (χ3v) is 12.0. The minimum Gasteiger partial charge on any atom is -0.256 e. The average molecular weight is 735 g/mol. The van der Waals surface area contributed by atoms with Crippen LogP contribution in [0.3, 0.4) is 0 Å². The zero-order valence-electron chi connectivity index (χ0n) is 31.5. The Balaban J connectivity index is 1.16. The molecular weight excluding hydrogens is 701 g/mol. The molecule has 0 atom stereocenters. The summed E-state index contributed by atoms with van der Waals surface area (Å²) in [6.45, 7) is 0. The van der Waals surface area contributed by atoms with Crippen molar-refractivity contribution in [2.24, 2.45) is 0 Å². The van der Waals surface area contributed by atoms with E-state index in [9.17, 15) is 0 Å². The Hall–Kier alpha value is -7.68. The minimum atomic E-state index is 0.960. The summed E-state index contributed by atoms with van der Waals surface area (Å²) in [4.78, 5) is 10.4. The molecule has 0 amide bonds. The molecule has 2 heteroatoms. The van der Waals surface area contributed by atoms with Gasteiger partial charge in [-0.2, -0.15) is 0 Å². The first-order valence-corrected chi connectivity index (χ1v) is 19.9. The molecule has 0 N–H and O–H groups in total. The van der Waals surface area contributed by atoms with Gasteiger partial charge in [0.05, 0.1) is 16.7 Å². The lowest BCUT2D eigenvalue weighted by Crippen LogP contribution is -1.95. The molecule has 2 aromatic heterocycles. The number of benzene rings is 10. The molecule has 0 fully saturated rings. The summed E-state index contributed by atoms with van der Waals surface area (Å²) >= 11 is 0. The van der Waals surface area contributed by atoms with Crippen LogP contribution in [-0.2, 0) is 0 Å². The number of para-hydroxylation sites is 1. The second-order valence-electron chi connectivity index (χ2n) is 15.3. The zero-order valence-corrected chi connectivity index (χ0v) is 31.5. The first-order chi connectivity index (χ1) is 28.7. The topological polar surface area (TPSA) is 25.8 Å². The van der Waals surface area contributed by atoms with Crippen molar-refractivity contribution < 1.29 is 0 Å². The van der Waals surface area contributed by atoms with Gasteiger partial charge in [-0.25, -0.2) is 4.98 Å². The highest BCUT2D eigenvalue weighted by atomic mass is 14.7. The van der Waals surface area contributed by atoms with Gasteiger partial charge in [0, 0.05) is 33.5 Å². The molecule has 0 bridgehead atoms. The van der Waals surface area contributed by atoms with Crippen LogP contribution in [0.25, 0.3) is 120 Å². The van der Waals surface area contributed by atoms with Crippen LogP contribution in [0, 0.1) is 0 Å². The third-order valence-electron chi connectivity index (χ3n) is 12.0. The standard InChI is InChI=1S/C56H34N2/c1-4-16-41-37(13-1)30-50(45-20-8-6-18-43(41)45)51-32-53-49(36-27-25-35(26-28-36)40-29-39-15-3-12-24-54(39)57-34-40)33-55(58-56(53)48-23-11-10-22-47(48)51)52-31-38-14-2-5-17-42(38)44-19-7-9-21-46(44)52/h1-34H. The quantitative estimate of drug-likeness (QED) is 0.168. The lowest BCUT2D eigenvalue weighted by Gasteiger charge is -2.18. The summed E-state index contributed by atoms with van der Waals surface area (Å²) in [5.41, 5.74) is 11.0. The van der Waals surface area contributed by atoms with Crippen LogP contribution < -0.4 is 0 Å². The van der Waals surface area contributed by atoms with Crippen LogP contribution in [0.4, 0.5) is 0 Å². The smallest absolute Gasteiger partial charge is 0.0794 e. The predicted octanol–water partition coefficient (Wildman–Crippen LogP) is 15.2. The molecule has 12 aromatic rings. The van der Waals surface area contributed by atoms with Crippen molar-refractivity contribution in [3.63, 3.8) is 0 Å². The normalized spacial score (nSPS) is 11.8. The Bertz CT molecular complexity index is 3620. The molecule has 0 aliphatic heterocycles. The molecule has 0 aliphatic rings. The van der Waals surface area contributed by atoms with Gasteiger partial charge in [0.2, 0.25) is 0 Å². The first-order valence-electron chi connectivity index (χ1n) is 19.9. The molecule has 0 saturated heterocycles. The Labute approximate surface area is 335 Å². The average Bonchev–Trinajstić information content (AvgIpc) is 3.30. The van der Waals surface area contributed by atoms with E-state index in [0.717, 1.165) is 60.7 Å². The molecule has 0 spiro atoms. The SMILES string of the molecule is c1ccc2ncc(-c3ccc(-c4cc(-c5cc6ccccc6c6ccccc56)nc5c4cc(-c4cc6ccccc6c6ccccc46)c4ccccc45)cc3)cc2c1. The molecule has 0 saturated carbocycles. The fourth-order valence-electron chi connectivity index (χ4n) is 9.27. The van der Waals surface area contributed by atoms with Gasteiger partial charge in [-0.05, 0) is 113 Å². The van der Waals surface area contributed by atoms with Crippen molar-refractivity contribution in [1.29, 1.82) is 0 Å². The fraction of sp³-hybridized carbons (Fsp3) is 0. The largest absolute Gasteiger partial charge is 0.256 e. The molecule has 0 unspecified atom stereocenters. The maximum absolute atomic E-state index is 5.65. The number of rotatable bonds is 4. The number of fused-ring (bicyclic) bond motifs is 10. The highest BCUT2D eigenvalue weighted by molar-refractivity contribution is 6.22. The van der Waals surface area contributed by atoms with Gasteiger partial charge in [-0.3, -0.25) is 4.98 Å². The second kappa shape index (κ2) is 12.9. The van der Waals surface area contributed by atoms with Crippen molar-refractivity contribution >= 4 is 75.7 Å². The van der Waals surface area contributed by atoms with Gasteiger partial charge in [-0.15, -0.1) is 0 Å². The predicted molar refractivity (Wildman–Crippen MR) is 246 cm³/mol. The van der Waals surface area contributed by atoms with Crippen LogP contribution in [0.5, 0.6) is 0 Å². The van der Waals surface area contributed by atoms with E-state index >= 15 is 0 Å². The van der Waals surface area contributed by atoms with Crippen LogP contribution >= 0.6 is 0 Å². The summed E-state index contributed by atoms with van der Waals surface area (Å²) in [6, 6.07) is 72.8. The second-order valence-corrected chi connectivity index (χ2v) is 15.3. The van der Waals surface area contributed by atoms with E-state index in [4.69, 9.17) is 9.97 Å². The fourth-order valence-corrected chi connectivity index (χ4v) is 9.27. The van der Waals surface area contributed by atoms with Crippen LogP contribution in [-0.4, -0.2) is 9.97 Å². The molecule has 0 aliphatic carbocycles. The monoisotopic (exact) mass is 734 g/mol. The van der Waals surface area contributed by atoms with E-state index in [1.807, 2.05) is 12.3 Å². The Morgan fingerprint density at radius 3 is 1.43 bits per heavy atom. The van der Waals surface area contributed by atoms with Gasteiger partial charge in [0.15, 0.2) is 0 Å². The van der Waals surface area contributed by atoms with Crippen LogP contribution in [0.2, 0.25) is 0 Å². The Morgan fingerprint density at radius 2 is 0.759 bits per heavy atom. The lowest BCUT2D eigenvalue weighted by atomic mass is 9.87. The number of hydrogen-bond donors (Lipinski definition) is 0. The molecule has 10 aromatic carbocycles. The van der Waals surface area contributed by atoms with Crippen LogP contribution in [0.15, 0.2) is 206 Å². The van der Waals surface area contributed by atoms with Gasteiger partial charge in [-0.1, -0.05) is 164 Å². The number of aromatic nitrogens is 2.